The Kier molecular flexibility index (Phi) is 4.70. The number of ether oxygens (including phenoxy) is 3. The highest BCUT2D eigenvalue weighted by molar-refractivity contribution is 6.20. The van der Waals surface area contributed by atoms with E-state index in [-0.39, 0.29) is 30.5 Å². The second kappa shape index (κ2) is 6.92. The van der Waals surface area contributed by atoms with Crippen LogP contribution in [0, 0.1) is 5.92 Å². The predicted molar refractivity (Wildman–Crippen MR) is 103 cm³/mol. The molecule has 1 fully saturated rings. The van der Waals surface area contributed by atoms with Crippen LogP contribution in [0.3, 0.4) is 0 Å². The van der Waals surface area contributed by atoms with Gasteiger partial charge in [-0.1, -0.05) is 68.4 Å². The molecule has 0 unspecified atom stereocenters. The van der Waals surface area contributed by atoms with Gasteiger partial charge >= 0.3 is 0 Å². The van der Waals surface area contributed by atoms with E-state index >= 15 is 0 Å². The van der Waals surface area contributed by atoms with Crippen molar-refractivity contribution in [2.75, 3.05) is 7.11 Å². The largest absolute Gasteiger partial charge is 0.369 e. The molecule has 2 heterocycles. The molecule has 5 heteroatoms. The molecule has 2 aliphatic rings. The van der Waals surface area contributed by atoms with Crippen molar-refractivity contribution in [3.8, 4) is 0 Å². The average molecular weight is 380 g/mol. The van der Waals surface area contributed by atoms with Gasteiger partial charge in [-0.25, -0.2) is 0 Å². The van der Waals surface area contributed by atoms with Crippen molar-refractivity contribution >= 4 is 11.6 Å². The van der Waals surface area contributed by atoms with Crippen LogP contribution in [0.1, 0.15) is 41.8 Å². The SMILES string of the molecule is CO[C@@]12C[C@H](OCc3ccccc3)[C@@](C(=O)C(C)C)(O1)C(=O)c1ccccc12. The van der Waals surface area contributed by atoms with Crippen LogP contribution in [0.25, 0.3) is 0 Å². The Balaban J connectivity index is 1.79. The standard InChI is InChI=1S/C23H24O5/c1-15(2)20(24)23-19(27-14-16-9-5-4-6-10-16)13-22(26-3,28-23)18-12-8-7-11-17(18)21(23)25/h4-12,15,19H,13-14H2,1-3H3/t19-,22-,23-/m0/s1. The van der Waals surface area contributed by atoms with E-state index in [1.807, 2.05) is 42.5 Å². The van der Waals surface area contributed by atoms with E-state index in [2.05, 4.69) is 0 Å². The number of hydrogen-bond acceptors (Lipinski definition) is 5. The molecule has 2 aromatic carbocycles. The molecular weight excluding hydrogens is 356 g/mol. The fourth-order valence-electron chi connectivity index (χ4n) is 4.26. The van der Waals surface area contributed by atoms with Gasteiger partial charge in [-0.05, 0) is 5.56 Å². The second-order valence-electron chi connectivity index (χ2n) is 7.68. The van der Waals surface area contributed by atoms with Gasteiger partial charge in [0.2, 0.25) is 11.4 Å². The summed E-state index contributed by atoms with van der Waals surface area (Å²) >= 11 is 0. The van der Waals surface area contributed by atoms with Gasteiger partial charge in [0.1, 0.15) is 6.10 Å². The minimum Gasteiger partial charge on any atom is -0.369 e. The van der Waals surface area contributed by atoms with Crippen LogP contribution in [0.5, 0.6) is 0 Å². The van der Waals surface area contributed by atoms with Crippen LogP contribution in [0.4, 0.5) is 0 Å². The summed E-state index contributed by atoms with van der Waals surface area (Å²) in [6, 6.07) is 16.9. The van der Waals surface area contributed by atoms with Crippen molar-refractivity contribution in [2.45, 2.75) is 44.4 Å². The average Bonchev–Trinajstić information content (AvgIpc) is 3.04. The Labute approximate surface area is 164 Å². The molecule has 2 aliphatic heterocycles. The molecule has 146 valence electrons. The summed E-state index contributed by atoms with van der Waals surface area (Å²) in [5.41, 5.74) is 0.399. The van der Waals surface area contributed by atoms with Gasteiger partial charge in [-0.15, -0.1) is 0 Å². The molecule has 0 spiro atoms. The first kappa shape index (κ1) is 19.0. The summed E-state index contributed by atoms with van der Waals surface area (Å²) < 4.78 is 18.2. The Bertz CT molecular complexity index is 906. The third kappa shape index (κ3) is 2.65. The summed E-state index contributed by atoms with van der Waals surface area (Å²) in [7, 11) is 1.54. The van der Waals surface area contributed by atoms with E-state index in [0.717, 1.165) is 5.56 Å². The first-order valence-corrected chi connectivity index (χ1v) is 9.54. The van der Waals surface area contributed by atoms with Gasteiger partial charge in [-0.3, -0.25) is 9.59 Å². The van der Waals surface area contributed by atoms with Gasteiger partial charge in [0.05, 0.1) is 6.61 Å². The Morgan fingerprint density at radius 1 is 1.14 bits per heavy atom. The number of ketones is 2. The fourth-order valence-corrected chi connectivity index (χ4v) is 4.26. The van der Waals surface area contributed by atoms with Crippen LogP contribution in [0.2, 0.25) is 0 Å². The van der Waals surface area contributed by atoms with Crippen molar-refractivity contribution in [2.24, 2.45) is 5.92 Å². The predicted octanol–water partition coefficient (Wildman–Crippen LogP) is 3.65. The van der Waals surface area contributed by atoms with Gasteiger partial charge in [-0.2, -0.15) is 0 Å². The molecule has 28 heavy (non-hydrogen) atoms. The lowest BCUT2D eigenvalue weighted by atomic mass is 9.80. The van der Waals surface area contributed by atoms with Crippen LogP contribution < -0.4 is 0 Å². The van der Waals surface area contributed by atoms with Crippen LogP contribution in [-0.4, -0.2) is 30.4 Å². The Morgan fingerprint density at radius 2 is 1.82 bits per heavy atom. The topological polar surface area (TPSA) is 61.8 Å². The van der Waals surface area contributed by atoms with E-state index in [4.69, 9.17) is 14.2 Å². The first-order valence-electron chi connectivity index (χ1n) is 9.54. The number of fused-ring (bicyclic) bond motifs is 4. The molecule has 0 aromatic heterocycles. The summed E-state index contributed by atoms with van der Waals surface area (Å²) in [5.74, 6) is -2.17. The summed E-state index contributed by atoms with van der Waals surface area (Å²) in [4.78, 5) is 26.8. The zero-order chi connectivity index (χ0) is 19.9. The Hall–Kier alpha value is -2.34. The van der Waals surface area contributed by atoms with Gasteiger partial charge < -0.3 is 14.2 Å². The lowest BCUT2D eigenvalue weighted by molar-refractivity contribution is -0.240. The zero-order valence-corrected chi connectivity index (χ0v) is 16.3. The lowest BCUT2D eigenvalue weighted by Gasteiger charge is -2.39. The van der Waals surface area contributed by atoms with Crippen molar-refractivity contribution < 1.29 is 23.8 Å². The highest BCUT2D eigenvalue weighted by atomic mass is 16.7. The van der Waals surface area contributed by atoms with Crippen molar-refractivity contribution in [3.63, 3.8) is 0 Å². The molecule has 3 atom stereocenters. The second-order valence-corrected chi connectivity index (χ2v) is 7.68. The van der Waals surface area contributed by atoms with Crippen LogP contribution >= 0.6 is 0 Å². The molecule has 2 aromatic rings. The fraction of sp³-hybridized carbons (Fsp3) is 0.391. The number of methoxy groups -OCH3 is 1. The minimum atomic E-state index is -1.69. The number of rotatable bonds is 6. The van der Waals surface area contributed by atoms with E-state index in [1.54, 1.807) is 26.0 Å². The molecule has 0 N–H and O–H groups in total. The molecule has 4 rings (SSSR count). The van der Waals surface area contributed by atoms with Crippen LogP contribution in [-0.2, 0) is 31.4 Å². The number of carbonyl (C=O) groups is 2. The maximum absolute atomic E-state index is 13.5. The van der Waals surface area contributed by atoms with Gasteiger partial charge in [0.15, 0.2) is 11.6 Å². The molecule has 0 aliphatic carbocycles. The number of carbonyl (C=O) groups excluding carboxylic acids is 2. The molecule has 0 amide bonds. The van der Waals surface area contributed by atoms with Gasteiger partial charge in [0, 0.05) is 30.6 Å². The first-order chi connectivity index (χ1) is 13.4. The third-order valence-corrected chi connectivity index (χ3v) is 5.67. The monoisotopic (exact) mass is 380 g/mol. The Morgan fingerprint density at radius 3 is 2.50 bits per heavy atom. The summed E-state index contributed by atoms with van der Waals surface area (Å²) in [6.07, 6.45) is -0.458. The molecule has 0 radical (unpaired) electrons. The maximum atomic E-state index is 13.5. The number of benzene rings is 2. The summed E-state index contributed by atoms with van der Waals surface area (Å²) in [6.45, 7) is 3.83. The molecule has 0 saturated carbocycles. The van der Waals surface area contributed by atoms with E-state index in [0.29, 0.717) is 11.1 Å². The summed E-state index contributed by atoms with van der Waals surface area (Å²) in [5, 5.41) is 0. The third-order valence-electron chi connectivity index (χ3n) is 5.67. The smallest absolute Gasteiger partial charge is 0.218 e. The van der Waals surface area contributed by atoms with Crippen molar-refractivity contribution in [3.05, 3.63) is 71.3 Å². The zero-order valence-electron chi connectivity index (χ0n) is 16.3. The van der Waals surface area contributed by atoms with Gasteiger partial charge in [0.25, 0.3) is 0 Å². The normalized spacial score (nSPS) is 28.4. The highest BCUT2D eigenvalue weighted by Gasteiger charge is 2.69. The highest BCUT2D eigenvalue weighted by Crippen LogP contribution is 2.54. The quantitative estimate of drug-likeness (QED) is 0.716. The molecule has 1 saturated heterocycles. The number of Topliss-reactive ketones (excluding diaryl/α,β-unsaturated/α-hetero) is 2. The molecule has 2 bridgehead atoms. The van der Waals surface area contributed by atoms with E-state index in [1.165, 1.54) is 7.11 Å². The van der Waals surface area contributed by atoms with E-state index in [9.17, 15) is 9.59 Å². The van der Waals surface area contributed by atoms with Crippen molar-refractivity contribution in [1.29, 1.82) is 0 Å². The minimum absolute atomic E-state index is 0.274. The molecule has 5 nitrogen and oxygen atoms in total. The number of hydrogen-bond donors (Lipinski definition) is 0. The lowest BCUT2D eigenvalue weighted by Crippen LogP contribution is -2.59. The maximum Gasteiger partial charge on any atom is 0.218 e. The van der Waals surface area contributed by atoms with Crippen LogP contribution in [0.15, 0.2) is 54.6 Å². The van der Waals surface area contributed by atoms with E-state index < -0.39 is 17.5 Å². The molecular formula is C23H24O5. The van der Waals surface area contributed by atoms with Crippen molar-refractivity contribution in [1.82, 2.24) is 0 Å².